The number of pyridine rings is 1. The second kappa shape index (κ2) is 9.44. The van der Waals surface area contributed by atoms with Gasteiger partial charge >= 0.3 is 5.97 Å². The van der Waals surface area contributed by atoms with Gasteiger partial charge in [-0.05, 0) is 42.8 Å². The van der Waals surface area contributed by atoms with Crippen molar-refractivity contribution in [1.29, 1.82) is 0 Å². The first-order valence-corrected chi connectivity index (χ1v) is 11.9. The number of carbonyl (C=O) groups excluding carboxylic acids is 2. The predicted octanol–water partition coefficient (Wildman–Crippen LogP) is 5.82. The van der Waals surface area contributed by atoms with Crippen molar-refractivity contribution in [2.24, 2.45) is 0 Å². The molecular weight excluding hydrogens is 448 g/mol. The average Bonchev–Trinajstić information content (AvgIpc) is 3.46. The smallest absolute Gasteiger partial charge is 0.338 e. The van der Waals surface area contributed by atoms with Crippen molar-refractivity contribution in [3.05, 3.63) is 83.5 Å². The van der Waals surface area contributed by atoms with E-state index in [1.54, 1.807) is 41.7 Å². The molecule has 0 bridgehead atoms. The molecule has 1 amide bonds. The highest BCUT2D eigenvalue weighted by Gasteiger charge is 2.16. The van der Waals surface area contributed by atoms with Crippen LogP contribution in [-0.4, -0.2) is 32.9 Å². The van der Waals surface area contributed by atoms with Crippen LogP contribution in [-0.2, 0) is 4.74 Å². The highest BCUT2D eigenvalue weighted by molar-refractivity contribution is 7.15. The lowest BCUT2D eigenvalue weighted by molar-refractivity contribution is 0.0500. The highest BCUT2D eigenvalue weighted by atomic mass is 32.1. The van der Waals surface area contributed by atoms with Crippen LogP contribution in [0.5, 0.6) is 0 Å². The maximum atomic E-state index is 13.1. The van der Waals surface area contributed by atoms with Crippen LogP contribution in [0.15, 0.2) is 72.4 Å². The number of amides is 1. The second-order valence-electron chi connectivity index (χ2n) is 7.81. The Hall–Kier alpha value is -4.04. The summed E-state index contributed by atoms with van der Waals surface area (Å²) in [6, 6.07) is 16.1. The van der Waals surface area contributed by atoms with Gasteiger partial charge < -0.3 is 10.1 Å². The van der Waals surface area contributed by atoms with Crippen molar-refractivity contribution in [2.75, 3.05) is 11.9 Å². The maximum Gasteiger partial charge on any atom is 0.338 e. The number of carbonyl (C=O) groups is 2. The molecule has 0 spiro atoms. The molecule has 0 aliphatic carbocycles. The van der Waals surface area contributed by atoms with Gasteiger partial charge in [0, 0.05) is 34.3 Å². The molecule has 8 heteroatoms. The van der Waals surface area contributed by atoms with E-state index >= 15 is 0 Å². The molecule has 0 fully saturated rings. The molecule has 0 unspecified atom stereocenters. The molecule has 2 aromatic carbocycles. The molecule has 1 N–H and O–H groups in total. The summed E-state index contributed by atoms with van der Waals surface area (Å²) in [5.74, 6) is -0.185. The van der Waals surface area contributed by atoms with E-state index < -0.39 is 0 Å². The quantitative estimate of drug-likeness (QED) is 0.239. The Morgan fingerprint density at radius 3 is 2.82 bits per heavy atom. The first-order valence-electron chi connectivity index (χ1n) is 11.0. The summed E-state index contributed by atoms with van der Waals surface area (Å²) < 4.78 is 7.22. The summed E-state index contributed by atoms with van der Waals surface area (Å²) >= 11 is 1.54. The molecule has 7 nitrogen and oxygen atoms in total. The average molecular weight is 471 g/mol. The molecule has 0 atom stereocenters. The molecule has 5 aromatic rings. The summed E-state index contributed by atoms with van der Waals surface area (Å²) in [6.07, 6.45) is 5.66. The van der Waals surface area contributed by atoms with Crippen LogP contribution in [0.3, 0.4) is 0 Å². The lowest BCUT2D eigenvalue weighted by Gasteiger charge is -2.09. The number of anilines is 1. The minimum Gasteiger partial charge on any atom is -0.462 e. The zero-order valence-electron chi connectivity index (χ0n) is 18.5. The maximum absolute atomic E-state index is 13.1. The first kappa shape index (κ1) is 21.8. The minimum atomic E-state index is -0.344. The largest absolute Gasteiger partial charge is 0.462 e. The van der Waals surface area contributed by atoms with Gasteiger partial charge in [-0.25, -0.2) is 14.8 Å². The fourth-order valence-electron chi connectivity index (χ4n) is 3.66. The van der Waals surface area contributed by atoms with Crippen molar-refractivity contribution in [1.82, 2.24) is 14.4 Å². The van der Waals surface area contributed by atoms with Gasteiger partial charge in [0.15, 0.2) is 4.96 Å². The van der Waals surface area contributed by atoms with Crippen LogP contribution < -0.4 is 5.32 Å². The molecule has 0 saturated carbocycles. The third-order valence-electron chi connectivity index (χ3n) is 5.44. The van der Waals surface area contributed by atoms with E-state index in [9.17, 15) is 9.59 Å². The topological polar surface area (TPSA) is 85.6 Å². The number of rotatable bonds is 7. The van der Waals surface area contributed by atoms with Gasteiger partial charge in [0.2, 0.25) is 0 Å². The molecule has 5 rings (SSSR count). The third-order valence-corrected chi connectivity index (χ3v) is 6.21. The predicted molar refractivity (Wildman–Crippen MR) is 133 cm³/mol. The van der Waals surface area contributed by atoms with Crippen LogP contribution in [0.2, 0.25) is 0 Å². The summed E-state index contributed by atoms with van der Waals surface area (Å²) in [7, 11) is 0. The van der Waals surface area contributed by atoms with E-state index in [1.807, 2.05) is 53.4 Å². The molecule has 0 radical (unpaired) electrons. The number of unbranched alkanes of at least 4 members (excludes halogenated alkanes) is 1. The molecule has 170 valence electrons. The molecular formula is C26H22N4O3S. The summed E-state index contributed by atoms with van der Waals surface area (Å²) in [5.41, 5.74) is 3.16. The Kier molecular flexibility index (Phi) is 6.05. The van der Waals surface area contributed by atoms with E-state index in [1.165, 1.54) is 0 Å². The zero-order chi connectivity index (χ0) is 23.5. The van der Waals surface area contributed by atoms with Crippen molar-refractivity contribution in [2.45, 2.75) is 19.8 Å². The number of nitrogens with zero attached hydrogens (tertiary/aromatic N) is 3. The van der Waals surface area contributed by atoms with Crippen LogP contribution in [0.4, 0.5) is 5.82 Å². The number of ether oxygens (including phenoxy) is 1. The standard InChI is InChI=1S/C26H22N4O3S/c1-2-3-13-33-25(32)18-8-10-21-17(15-18)9-11-23(27-21)29-24(31)20-7-5-4-6-19(20)22-16-30-12-14-34-26(30)28-22/h4-12,14-16H,2-3,13H2,1H3,(H,27,29,31). The Morgan fingerprint density at radius 1 is 1.09 bits per heavy atom. The van der Waals surface area contributed by atoms with Crippen LogP contribution in [0, 0.1) is 0 Å². The Bertz CT molecular complexity index is 1480. The van der Waals surface area contributed by atoms with Crippen molar-refractivity contribution in [3.63, 3.8) is 0 Å². The Balaban J connectivity index is 1.36. The monoisotopic (exact) mass is 470 g/mol. The van der Waals surface area contributed by atoms with Gasteiger partial charge in [-0.3, -0.25) is 9.20 Å². The summed E-state index contributed by atoms with van der Waals surface area (Å²) in [6.45, 7) is 2.46. The van der Waals surface area contributed by atoms with Gasteiger partial charge in [0.1, 0.15) is 5.82 Å². The first-order chi connectivity index (χ1) is 16.6. The number of nitrogens with one attached hydrogen (secondary N) is 1. The fourth-order valence-corrected chi connectivity index (χ4v) is 4.36. The molecule has 3 heterocycles. The molecule has 3 aromatic heterocycles. The number of hydrogen-bond acceptors (Lipinski definition) is 6. The lowest BCUT2D eigenvalue weighted by Crippen LogP contribution is -2.14. The fraction of sp³-hybridized carbons (Fsp3) is 0.154. The van der Waals surface area contributed by atoms with Crippen LogP contribution >= 0.6 is 11.3 Å². The number of benzene rings is 2. The lowest BCUT2D eigenvalue weighted by atomic mass is 10.0. The Labute approximate surface area is 200 Å². The van der Waals surface area contributed by atoms with Crippen LogP contribution in [0.25, 0.3) is 27.1 Å². The van der Waals surface area contributed by atoms with Crippen molar-refractivity contribution in [3.8, 4) is 11.3 Å². The number of thiazole rings is 1. The van der Waals surface area contributed by atoms with Gasteiger partial charge in [-0.15, -0.1) is 11.3 Å². The second-order valence-corrected chi connectivity index (χ2v) is 8.69. The highest BCUT2D eigenvalue weighted by Crippen LogP contribution is 2.26. The van der Waals surface area contributed by atoms with Gasteiger partial charge in [-0.1, -0.05) is 31.5 Å². The molecule has 34 heavy (non-hydrogen) atoms. The normalized spacial score (nSPS) is 11.1. The van der Waals surface area contributed by atoms with Gasteiger partial charge in [0.05, 0.1) is 23.4 Å². The summed E-state index contributed by atoms with van der Waals surface area (Å²) in [4.78, 5) is 35.4. The minimum absolute atomic E-state index is 0.269. The number of fused-ring (bicyclic) bond motifs is 2. The number of esters is 1. The molecule has 0 aliphatic heterocycles. The molecule has 0 saturated heterocycles. The van der Waals surface area contributed by atoms with Crippen molar-refractivity contribution >= 4 is 44.9 Å². The summed E-state index contributed by atoms with van der Waals surface area (Å²) in [5, 5.41) is 5.65. The van der Waals surface area contributed by atoms with E-state index in [4.69, 9.17) is 4.74 Å². The number of imidazole rings is 1. The number of aromatic nitrogens is 3. The van der Waals surface area contributed by atoms with Crippen molar-refractivity contribution < 1.29 is 14.3 Å². The third kappa shape index (κ3) is 4.40. The van der Waals surface area contributed by atoms with E-state index in [2.05, 4.69) is 15.3 Å². The zero-order valence-corrected chi connectivity index (χ0v) is 19.3. The SMILES string of the molecule is CCCCOC(=O)c1ccc2nc(NC(=O)c3ccccc3-c3cn4ccsc4n3)ccc2c1. The molecule has 0 aliphatic rings. The van der Waals surface area contributed by atoms with Gasteiger partial charge in [-0.2, -0.15) is 0 Å². The van der Waals surface area contributed by atoms with Crippen LogP contribution in [0.1, 0.15) is 40.5 Å². The van der Waals surface area contributed by atoms with E-state index in [0.717, 1.165) is 34.4 Å². The number of hydrogen-bond donors (Lipinski definition) is 1. The van der Waals surface area contributed by atoms with E-state index in [0.29, 0.717) is 29.1 Å². The Morgan fingerprint density at radius 2 is 1.97 bits per heavy atom. The van der Waals surface area contributed by atoms with E-state index in [-0.39, 0.29) is 11.9 Å². The van der Waals surface area contributed by atoms with Gasteiger partial charge in [0.25, 0.3) is 5.91 Å².